The highest BCUT2D eigenvalue weighted by molar-refractivity contribution is 6.29. The Kier molecular flexibility index (Phi) is 11.1. The summed E-state index contributed by atoms with van der Waals surface area (Å²) in [5.41, 5.74) is 3.75. The molecule has 5 aromatic rings. The lowest BCUT2D eigenvalue weighted by Gasteiger charge is -2.16. The second kappa shape index (κ2) is 15.4. The van der Waals surface area contributed by atoms with Gasteiger partial charge in [0.1, 0.15) is 28.3 Å². The first-order valence-electron chi connectivity index (χ1n) is 13.8. The number of hydrogen-bond donors (Lipinski definition) is 3. The van der Waals surface area contributed by atoms with Crippen LogP contribution in [0.2, 0.25) is 5.15 Å². The quantitative estimate of drug-likeness (QED) is 0.147. The molecule has 0 saturated carbocycles. The summed E-state index contributed by atoms with van der Waals surface area (Å²) >= 11 is 5.78. The zero-order chi connectivity index (χ0) is 31.5. The second-order valence-electron chi connectivity index (χ2n) is 9.68. The maximum atomic E-state index is 9.74. The summed E-state index contributed by atoms with van der Waals surface area (Å²) in [5.74, 6) is 3.47. The SMILES string of the molecule is COc1ccc([C@@H](C)Nc2cncc(-c3ccc(O)c(OC)c3)n2)cc1.COc1ccc([C@@H](C)Nc2cncc(Cl)n2)cc1. The van der Waals surface area contributed by atoms with Crippen LogP contribution in [0.4, 0.5) is 11.6 Å². The Labute approximate surface area is 262 Å². The Bertz CT molecular complexity index is 1640. The van der Waals surface area contributed by atoms with E-state index in [1.165, 1.54) is 13.3 Å². The molecule has 5 rings (SSSR count). The fourth-order valence-electron chi connectivity index (χ4n) is 4.22. The van der Waals surface area contributed by atoms with Crippen LogP contribution in [0.1, 0.15) is 37.1 Å². The molecule has 44 heavy (non-hydrogen) atoms. The molecule has 0 spiro atoms. The van der Waals surface area contributed by atoms with Crippen LogP contribution < -0.4 is 24.8 Å². The number of halogens is 1. The van der Waals surface area contributed by atoms with Crippen molar-refractivity contribution in [2.24, 2.45) is 0 Å². The molecule has 2 atom stereocenters. The third kappa shape index (κ3) is 8.71. The van der Waals surface area contributed by atoms with Gasteiger partial charge in [-0.1, -0.05) is 35.9 Å². The number of phenols is 1. The van der Waals surface area contributed by atoms with Gasteiger partial charge in [0.25, 0.3) is 0 Å². The molecular weight excluding hydrogens is 580 g/mol. The van der Waals surface area contributed by atoms with E-state index in [4.69, 9.17) is 25.8 Å². The van der Waals surface area contributed by atoms with Crippen LogP contribution in [0.5, 0.6) is 23.0 Å². The molecule has 10 nitrogen and oxygen atoms in total. The Balaban J connectivity index is 0.000000215. The molecule has 3 aromatic carbocycles. The van der Waals surface area contributed by atoms with Crippen molar-refractivity contribution < 1.29 is 19.3 Å². The highest BCUT2D eigenvalue weighted by Gasteiger charge is 2.10. The minimum Gasteiger partial charge on any atom is -0.504 e. The first-order chi connectivity index (χ1) is 21.3. The van der Waals surface area contributed by atoms with E-state index in [9.17, 15) is 5.11 Å². The number of benzene rings is 3. The lowest BCUT2D eigenvalue weighted by atomic mass is 10.1. The van der Waals surface area contributed by atoms with Crippen LogP contribution in [0.15, 0.2) is 91.5 Å². The highest BCUT2D eigenvalue weighted by Crippen LogP contribution is 2.31. The fourth-order valence-corrected chi connectivity index (χ4v) is 4.37. The number of ether oxygens (including phenoxy) is 3. The van der Waals surface area contributed by atoms with Gasteiger partial charge < -0.3 is 30.0 Å². The number of anilines is 2. The molecule has 0 fully saturated rings. The minimum absolute atomic E-state index is 0.0554. The molecule has 0 amide bonds. The summed E-state index contributed by atoms with van der Waals surface area (Å²) in [6.07, 6.45) is 6.51. The number of methoxy groups -OCH3 is 3. The normalized spacial score (nSPS) is 11.8. The number of rotatable bonds is 10. The van der Waals surface area contributed by atoms with Crippen LogP contribution in [-0.2, 0) is 0 Å². The van der Waals surface area contributed by atoms with Gasteiger partial charge in [0, 0.05) is 17.6 Å². The largest absolute Gasteiger partial charge is 0.504 e. The second-order valence-corrected chi connectivity index (χ2v) is 10.1. The van der Waals surface area contributed by atoms with Crippen molar-refractivity contribution in [3.05, 3.63) is 108 Å². The van der Waals surface area contributed by atoms with Crippen molar-refractivity contribution in [1.82, 2.24) is 19.9 Å². The molecule has 0 saturated heterocycles. The van der Waals surface area contributed by atoms with Gasteiger partial charge in [-0.05, 0) is 67.4 Å². The van der Waals surface area contributed by atoms with Crippen molar-refractivity contribution in [2.75, 3.05) is 32.0 Å². The summed E-state index contributed by atoms with van der Waals surface area (Å²) in [7, 11) is 4.81. The third-order valence-corrected chi connectivity index (χ3v) is 6.86. The van der Waals surface area contributed by atoms with Crippen LogP contribution >= 0.6 is 11.6 Å². The molecule has 2 aromatic heterocycles. The Morgan fingerprint density at radius 1 is 0.659 bits per heavy atom. The van der Waals surface area contributed by atoms with E-state index >= 15 is 0 Å². The fraction of sp³-hybridized carbons (Fsp3) is 0.212. The van der Waals surface area contributed by atoms with Gasteiger partial charge in [-0.25, -0.2) is 9.97 Å². The first-order valence-corrected chi connectivity index (χ1v) is 14.1. The Hall–Kier alpha value is -5.09. The predicted octanol–water partition coefficient (Wildman–Crippen LogP) is 7.35. The number of hydrogen-bond acceptors (Lipinski definition) is 10. The maximum Gasteiger partial charge on any atom is 0.161 e. The van der Waals surface area contributed by atoms with Gasteiger partial charge in [-0.2, -0.15) is 0 Å². The highest BCUT2D eigenvalue weighted by atomic mass is 35.5. The van der Waals surface area contributed by atoms with Crippen LogP contribution in [0.25, 0.3) is 11.3 Å². The number of aromatic nitrogens is 4. The Morgan fingerprint density at radius 3 is 1.68 bits per heavy atom. The molecular formula is C33H35ClN6O4. The number of nitrogens with zero attached hydrogens (tertiary/aromatic N) is 4. The lowest BCUT2D eigenvalue weighted by Crippen LogP contribution is -2.08. The molecule has 0 aliphatic rings. The molecule has 3 N–H and O–H groups in total. The predicted molar refractivity (Wildman–Crippen MR) is 173 cm³/mol. The van der Waals surface area contributed by atoms with Crippen LogP contribution in [0.3, 0.4) is 0 Å². The summed E-state index contributed by atoms with van der Waals surface area (Å²) in [4.78, 5) is 17.0. The standard InChI is InChI=1S/C20H21N3O3.C13H14ClN3O/c1-13(14-4-7-16(25-2)8-5-14)22-20-12-21-11-17(23-20)15-6-9-18(24)19(10-15)26-3;1-9(10-3-5-11(18-2)6-4-10)16-13-8-15-7-12(14)17-13/h4-13,24H,1-3H3,(H,22,23);3-9H,1-2H3,(H,16,17)/t13-;9-/m11/s1. The van der Waals surface area contributed by atoms with Crippen LogP contribution in [-0.4, -0.2) is 46.4 Å². The molecule has 228 valence electrons. The van der Waals surface area contributed by atoms with Gasteiger partial charge >= 0.3 is 0 Å². The van der Waals surface area contributed by atoms with E-state index in [-0.39, 0.29) is 17.8 Å². The number of phenolic OH excluding ortho intramolecular Hbond substituents is 1. The molecule has 0 unspecified atom stereocenters. The van der Waals surface area contributed by atoms with E-state index in [0.717, 1.165) is 28.2 Å². The smallest absolute Gasteiger partial charge is 0.161 e. The Morgan fingerprint density at radius 2 is 1.18 bits per heavy atom. The van der Waals surface area contributed by atoms with Crippen LogP contribution in [0, 0.1) is 0 Å². The topological polar surface area (TPSA) is 124 Å². The molecule has 2 heterocycles. The maximum absolute atomic E-state index is 9.74. The molecule has 0 aliphatic heterocycles. The molecule has 0 bridgehead atoms. The average molecular weight is 615 g/mol. The zero-order valence-electron chi connectivity index (χ0n) is 25.2. The van der Waals surface area contributed by atoms with Crippen molar-refractivity contribution in [3.8, 4) is 34.3 Å². The average Bonchev–Trinajstić information content (AvgIpc) is 3.05. The van der Waals surface area contributed by atoms with E-state index in [0.29, 0.717) is 28.2 Å². The van der Waals surface area contributed by atoms with Gasteiger partial charge in [0.15, 0.2) is 11.5 Å². The molecule has 11 heteroatoms. The monoisotopic (exact) mass is 614 g/mol. The van der Waals surface area contributed by atoms with Crippen molar-refractivity contribution in [1.29, 1.82) is 0 Å². The van der Waals surface area contributed by atoms with Gasteiger partial charge in [-0.3, -0.25) is 9.97 Å². The van der Waals surface area contributed by atoms with Crippen molar-refractivity contribution >= 4 is 23.2 Å². The lowest BCUT2D eigenvalue weighted by molar-refractivity contribution is 0.373. The summed E-state index contributed by atoms with van der Waals surface area (Å²) < 4.78 is 15.5. The van der Waals surface area contributed by atoms with Gasteiger partial charge in [0.2, 0.25) is 0 Å². The first kappa shape index (κ1) is 31.8. The van der Waals surface area contributed by atoms with Crippen molar-refractivity contribution in [2.45, 2.75) is 25.9 Å². The third-order valence-electron chi connectivity index (χ3n) is 6.68. The van der Waals surface area contributed by atoms with Crippen molar-refractivity contribution in [3.63, 3.8) is 0 Å². The summed E-state index contributed by atoms with van der Waals surface area (Å²) in [6, 6.07) is 21.0. The van der Waals surface area contributed by atoms with E-state index in [2.05, 4.69) is 37.5 Å². The van der Waals surface area contributed by atoms with E-state index in [1.54, 1.807) is 51.0 Å². The van der Waals surface area contributed by atoms with Gasteiger partial charge in [-0.15, -0.1) is 0 Å². The van der Waals surface area contributed by atoms with E-state index in [1.807, 2.05) is 55.5 Å². The number of aromatic hydroxyl groups is 1. The zero-order valence-corrected chi connectivity index (χ0v) is 25.9. The molecule has 0 radical (unpaired) electrons. The summed E-state index contributed by atoms with van der Waals surface area (Å²) in [6.45, 7) is 4.10. The van der Waals surface area contributed by atoms with E-state index < -0.39 is 0 Å². The van der Waals surface area contributed by atoms with Gasteiger partial charge in [0.05, 0.1) is 51.8 Å². The number of nitrogens with one attached hydrogen (secondary N) is 2. The minimum atomic E-state index is 0.0554. The summed E-state index contributed by atoms with van der Waals surface area (Å²) in [5, 5.41) is 16.7. The molecule has 0 aliphatic carbocycles.